The standard InChI is InChI=1S/C21H33FN2O3/c1-2-3-4-5-6-7-8-15-23-21(27)24-19(16-25)20(26)14-11-17-9-12-18(22)13-10-17/h9-14,19-20,25-26H,2-8,15-16H2,1H3,(H2,23,24,27). The molecule has 5 nitrogen and oxygen atoms in total. The van der Waals surface area contributed by atoms with Crippen LogP contribution in [0.15, 0.2) is 30.3 Å². The van der Waals surface area contributed by atoms with Gasteiger partial charge in [0, 0.05) is 6.54 Å². The number of carbonyl (C=O) groups is 1. The average Bonchev–Trinajstić information content (AvgIpc) is 2.67. The number of carbonyl (C=O) groups excluding carboxylic acids is 1. The molecule has 0 aliphatic carbocycles. The Bertz CT molecular complexity index is 549. The summed E-state index contributed by atoms with van der Waals surface area (Å²) >= 11 is 0. The number of unbranched alkanes of at least 4 members (excludes halogenated alkanes) is 6. The summed E-state index contributed by atoms with van der Waals surface area (Å²) in [5.41, 5.74) is 0.718. The summed E-state index contributed by atoms with van der Waals surface area (Å²) < 4.78 is 12.9. The number of rotatable bonds is 13. The van der Waals surface area contributed by atoms with Crippen LogP contribution >= 0.6 is 0 Å². The predicted octanol–water partition coefficient (Wildman–Crippen LogP) is 3.61. The van der Waals surface area contributed by atoms with Crippen molar-refractivity contribution in [1.82, 2.24) is 10.6 Å². The Hall–Kier alpha value is -1.92. The molecule has 0 spiro atoms. The van der Waals surface area contributed by atoms with Gasteiger partial charge in [0.05, 0.1) is 18.8 Å². The number of nitrogens with one attached hydrogen (secondary N) is 2. The Morgan fingerprint density at radius 3 is 2.37 bits per heavy atom. The molecule has 0 heterocycles. The predicted molar refractivity (Wildman–Crippen MR) is 107 cm³/mol. The number of halogens is 1. The van der Waals surface area contributed by atoms with Crippen LogP contribution in [-0.2, 0) is 0 Å². The molecule has 0 aromatic heterocycles. The Labute approximate surface area is 161 Å². The van der Waals surface area contributed by atoms with E-state index >= 15 is 0 Å². The van der Waals surface area contributed by atoms with E-state index in [1.807, 2.05) is 0 Å². The molecule has 0 fully saturated rings. The topological polar surface area (TPSA) is 81.6 Å². The second-order valence-corrected chi connectivity index (χ2v) is 6.71. The summed E-state index contributed by atoms with van der Waals surface area (Å²) in [6.45, 7) is 2.37. The fourth-order valence-corrected chi connectivity index (χ4v) is 2.66. The van der Waals surface area contributed by atoms with E-state index in [-0.39, 0.29) is 12.4 Å². The molecule has 4 N–H and O–H groups in total. The van der Waals surface area contributed by atoms with E-state index in [0.29, 0.717) is 6.54 Å². The van der Waals surface area contributed by atoms with E-state index < -0.39 is 18.2 Å². The lowest BCUT2D eigenvalue weighted by Gasteiger charge is -2.20. The highest BCUT2D eigenvalue weighted by molar-refractivity contribution is 5.74. The zero-order valence-electron chi connectivity index (χ0n) is 16.2. The van der Waals surface area contributed by atoms with Gasteiger partial charge in [0.1, 0.15) is 5.82 Å². The molecule has 0 radical (unpaired) electrons. The van der Waals surface area contributed by atoms with Crippen molar-refractivity contribution in [1.29, 1.82) is 0 Å². The molecule has 2 unspecified atom stereocenters. The number of urea groups is 1. The molecule has 1 aromatic carbocycles. The number of hydrogen-bond acceptors (Lipinski definition) is 3. The Kier molecular flexibility index (Phi) is 12.1. The fraction of sp³-hybridized carbons (Fsp3) is 0.571. The second-order valence-electron chi connectivity index (χ2n) is 6.71. The summed E-state index contributed by atoms with van der Waals surface area (Å²) in [7, 11) is 0. The SMILES string of the molecule is CCCCCCCCCNC(=O)NC(CO)C(O)C=Cc1ccc(F)cc1. The van der Waals surface area contributed by atoms with Gasteiger partial charge in [-0.05, 0) is 24.1 Å². The van der Waals surface area contributed by atoms with Crippen molar-refractivity contribution in [3.8, 4) is 0 Å². The number of benzene rings is 1. The molecule has 2 atom stereocenters. The third-order valence-corrected chi connectivity index (χ3v) is 4.35. The highest BCUT2D eigenvalue weighted by Crippen LogP contribution is 2.07. The maximum atomic E-state index is 12.9. The number of hydrogen-bond donors (Lipinski definition) is 4. The largest absolute Gasteiger partial charge is 0.394 e. The quantitative estimate of drug-likeness (QED) is 0.395. The maximum absolute atomic E-state index is 12.9. The minimum absolute atomic E-state index is 0.333. The van der Waals surface area contributed by atoms with Gasteiger partial charge in [0.25, 0.3) is 0 Å². The fourth-order valence-electron chi connectivity index (χ4n) is 2.66. The molecule has 0 saturated carbocycles. The molecular weight excluding hydrogens is 347 g/mol. The highest BCUT2D eigenvalue weighted by Gasteiger charge is 2.18. The molecule has 6 heteroatoms. The van der Waals surface area contributed by atoms with Gasteiger partial charge >= 0.3 is 6.03 Å². The first-order chi connectivity index (χ1) is 13.1. The van der Waals surface area contributed by atoms with Crippen LogP contribution in [0.3, 0.4) is 0 Å². The van der Waals surface area contributed by atoms with Gasteiger partial charge in [0.15, 0.2) is 0 Å². The van der Waals surface area contributed by atoms with E-state index in [4.69, 9.17) is 0 Å². The number of aliphatic hydroxyl groups excluding tert-OH is 2. The molecule has 0 aliphatic heterocycles. The maximum Gasteiger partial charge on any atom is 0.315 e. The summed E-state index contributed by atoms with van der Waals surface area (Å²) in [6.07, 6.45) is 10.2. The van der Waals surface area contributed by atoms with E-state index in [1.165, 1.54) is 50.3 Å². The van der Waals surface area contributed by atoms with Crippen molar-refractivity contribution in [2.45, 2.75) is 64.0 Å². The van der Waals surface area contributed by atoms with Crippen molar-refractivity contribution >= 4 is 12.1 Å². The van der Waals surface area contributed by atoms with Crippen LogP contribution in [0.5, 0.6) is 0 Å². The lowest BCUT2D eigenvalue weighted by Crippen LogP contribution is -2.49. The first-order valence-corrected chi connectivity index (χ1v) is 9.84. The van der Waals surface area contributed by atoms with E-state index in [0.717, 1.165) is 18.4 Å². The van der Waals surface area contributed by atoms with Crippen molar-refractivity contribution < 1.29 is 19.4 Å². The third-order valence-electron chi connectivity index (χ3n) is 4.35. The zero-order valence-corrected chi connectivity index (χ0v) is 16.2. The average molecular weight is 381 g/mol. The molecule has 2 amide bonds. The molecular formula is C21H33FN2O3. The van der Waals surface area contributed by atoms with Gasteiger partial charge in [0.2, 0.25) is 0 Å². The first-order valence-electron chi connectivity index (χ1n) is 9.84. The lowest BCUT2D eigenvalue weighted by atomic mass is 10.1. The van der Waals surface area contributed by atoms with Gasteiger partial charge < -0.3 is 20.8 Å². The molecule has 0 bridgehead atoms. The third kappa shape index (κ3) is 10.7. The molecule has 152 valence electrons. The van der Waals surface area contributed by atoms with Crippen LogP contribution in [0.1, 0.15) is 57.4 Å². The monoisotopic (exact) mass is 380 g/mol. The molecule has 1 rings (SSSR count). The molecule has 27 heavy (non-hydrogen) atoms. The minimum atomic E-state index is -1.05. The van der Waals surface area contributed by atoms with Crippen LogP contribution in [-0.4, -0.2) is 41.5 Å². The van der Waals surface area contributed by atoms with E-state index in [9.17, 15) is 19.4 Å². The van der Waals surface area contributed by atoms with Crippen LogP contribution in [0, 0.1) is 5.82 Å². The summed E-state index contributed by atoms with van der Waals surface area (Å²) in [4.78, 5) is 11.9. The number of aliphatic hydroxyl groups is 2. The van der Waals surface area contributed by atoms with Crippen molar-refractivity contribution in [3.63, 3.8) is 0 Å². The minimum Gasteiger partial charge on any atom is -0.394 e. The normalized spacial score (nSPS) is 13.5. The van der Waals surface area contributed by atoms with Gasteiger partial charge in [-0.25, -0.2) is 9.18 Å². The van der Waals surface area contributed by atoms with Crippen molar-refractivity contribution in [3.05, 3.63) is 41.7 Å². The van der Waals surface area contributed by atoms with Gasteiger partial charge in [-0.15, -0.1) is 0 Å². The highest BCUT2D eigenvalue weighted by atomic mass is 19.1. The second kappa shape index (κ2) is 14.2. The van der Waals surface area contributed by atoms with Gasteiger partial charge in [-0.2, -0.15) is 0 Å². The van der Waals surface area contributed by atoms with Crippen LogP contribution in [0.25, 0.3) is 6.08 Å². The molecule has 0 aliphatic rings. The molecule has 1 aromatic rings. The summed E-state index contributed by atoms with van der Waals surface area (Å²) in [5.74, 6) is -0.333. The van der Waals surface area contributed by atoms with Crippen LogP contribution in [0.2, 0.25) is 0 Å². The van der Waals surface area contributed by atoms with Crippen LogP contribution < -0.4 is 10.6 Å². The van der Waals surface area contributed by atoms with Crippen molar-refractivity contribution in [2.24, 2.45) is 0 Å². The Morgan fingerprint density at radius 2 is 1.74 bits per heavy atom. The molecule has 0 saturated heterocycles. The zero-order chi connectivity index (χ0) is 19.9. The smallest absolute Gasteiger partial charge is 0.315 e. The van der Waals surface area contributed by atoms with Crippen LogP contribution in [0.4, 0.5) is 9.18 Å². The lowest BCUT2D eigenvalue weighted by molar-refractivity contribution is 0.126. The number of amides is 2. The van der Waals surface area contributed by atoms with Crippen molar-refractivity contribution in [2.75, 3.05) is 13.2 Å². The summed E-state index contributed by atoms with van der Waals surface area (Å²) in [5, 5.41) is 24.8. The van der Waals surface area contributed by atoms with Gasteiger partial charge in [-0.3, -0.25) is 0 Å². The van der Waals surface area contributed by atoms with Gasteiger partial charge in [-0.1, -0.05) is 69.7 Å². The Balaban J connectivity index is 2.26. The Morgan fingerprint density at radius 1 is 1.11 bits per heavy atom. The van der Waals surface area contributed by atoms with E-state index in [2.05, 4.69) is 17.6 Å². The first kappa shape index (κ1) is 23.1. The summed E-state index contributed by atoms with van der Waals surface area (Å²) in [6, 6.07) is 4.59. The van der Waals surface area contributed by atoms with E-state index in [1.54, 1.807) is 18.2 Å².